The number of unbranched alkanes of at least 4 members (excludes halogenated alkanes) is 4. The Morgan fingerprint density at radius 2 is 1.51 bits per heavy atom. The molecule has 3 unspecified atom stereocenters. The third-order valence-corrected chi connectivity index (χ3v) is 8.59. The first-order chi connectivity index (χ1) is 24.4. The Kier molecular flexibility index (Phi) is 22.8. The van der Waals surface area contributed by atoms with E-state index in [0.29, 0.717) is 91.6 Å². The van der Waals surface area contributed by atoms with E-state index in [1.807, 2.05) is 0 Å². The minimum atomic E-state index is -5.15. The third kappa shape index (κ3) is 21.9. The topological polar surface area (TPSA) is 259 Å². The van der Waals surface area contributed by atoms with Crippen LogP contribution in [-0.2, 0) is 55.9 Å². The lowest BCUT2D eigenvalue weighted by atomic mass is 10.1. The molecule has 2 rings (SSSR count). The van der Waals surface area contributed by atoms with E-state index in [1.54, 1.807) is 0 Å². The van der Waals surface area contributed by atoms with E-state index in [4.69, 9.17) is 54.5 Å². The first kappa shape index (κ1) is 45.0. The number of phosphoric acid groups is 2. The summed E-state index contributed by atoms with van der Waals surface area (Å²) in [6.07, 6.45) is 6.78. The molecule has 0 amide bonds. The number of Topliss-reactive ketones (excluding diaryl/α,β-unsaturated/α-hetero) is 1. The third-order valence-electron chi connectivity index (χ3n) is 7.07. The standard InChI is InChI=1S/C30H51N3O16P2/c1-2-12-41-15-17-43-19-21-45-22-20-44-18-16-42-14-10-25(34)8-6-4-3-5-7-13-46-51(39,40)49-26-23-29(33-11-9-28(31)32-30(33)35)48-27(26)24-47-50(36,37)38/h1,9,11,26-27,29H,3-8,10,12-24H2,(H,39,40)(H2,31,32,35)(H2,36,37,38)/p-1/t26?,27-,29-/m1/s1. The second kappa shape index (κ2) is 25.8. The Bertz CT molecular complexity index is 1320. The number of phosphoric ester groups is 2. The summed E-state index contributed by atoms with van der Waals surface area (Å²) in [7, 11) is -9.78. The van der Waals surface area contributed by atoms with Gasteiger partial charge in [-0.05, 0) is 18.9 Å². The molecule has 0 bridgehead atoms. The number of aromatic nitrogens is 2. The molecular formula is C30H50N3O16P2-. The summed E-state index contributed by atoms with van der Waals surface area (Å²) in [6, 6.07) is 1.33. The van der Waals surface area contributed by atoms with E-state index in [-0.39, 0.29) is 31.2 Å². The molecule has 0 aliphatic carbocycles. The molecule has 51 heavy (non-hydrogen) atoms. The van der Waals surface area contributed by atoms with E-state index in [9.17, 15) is 28.5 Å². The number of nitrogen functional groups attached to an aromatic ring is 1. The molecule has 1 aromatic rings. The monoisotopic (exact) mass is 770 g/mol. The van der Waals surface area contributed by atoms with Gasteiger partial charge in [-0.1, -0.05) is 25.2 Å². The van der Waals surface area contributed by atoms with Crippen LogP contribution in [-0.4, -0.2) is 117 Å². The van der Waals surface area contributed by atoms with Gasteiger partial charge in [-0.25, -0.2) is 9.36 Å². The second-order valence-electron chi connectivity index (χ2n) is 11.1. The predicted molar refractivity (Wildman–Crippen MR) is 178 cm³/mol. The van der Waals surface area contributed by atoms with Gasteiger partial charge in [0.15, 0.2) is 0 Å². The molecular weight excluding hydrogens is 720 g/mol. The van der Waals surface area contributed by atoms with Crippen molar-refractivity contribution in [2.45, 2.75) is 69.8 Å². The van der Waals surface area contributed by atoms with Crippen molar-refractivity contribution >= 4 is 27.2 Å². The zero-order chi connectivity index (χ0) is 37.4. The minimum Gasteiger partial charge on any atom is -0.756 e. The number of terminal acetylenes is 1. The number of nitrogens with zero attached hydrogens (tertiary/aromatic N) is 2. The fraction of sp³-hybridized carbons (Fsp3) is 0.767. The van der Waals surface area contributed by atoms with Gasteiger partial charge in [0.2, 0.25) is 0 Å². The minimum absolute atomic E-state index is 0.0338. The molecule has 292 valence electrons. The maximum absolute atomic E-state index is 12.6. The van der Waals surface area contributed by atoms with Crippen LogP contribution in [0.1, 0.15) is 57.6 Å². The molecule has 0 saturated carbocycles. The van der Waals surface area contributed by atoms with Gasteiger partial charge < -0.3 is 53.4 Å². The van der Waals surface area contributed by atoms with Gasteiger partial charge in [-0.15, -0.1) is 6.42 Å². The van der Waals surface area contributed by atoms with Crippen molar-refractivity contribution in [1.29, 1.82) is 0 Å². The van der Waals surface area contributed by atoms with Crippen LogP contribution in [0, 0.1) is 12.3 Å². The number of carbonyl (C=O) groups is 1. The average molecular weight is 771 g/mol. The van der Waals surface area contributed by atoms with E-state index in [1.165, 1.54) is 12.3 Å². The highest BCUT2D eigenvalue weighted by atomic mass is 31.2. The molecule has 5 atom stereocenters. The van der Waals surface area contributed by atoms with Gasteiger partial charge in [0, 0.05) is 25.5 Å². The SMILES string of the molecule is C#CCOCCOCCOCCOCCOCCC(=O)CCCCCCCOP(=O)(O)OC1C[C@H](n2ccc(N)nc2=O)O[C@@H]1COP(=O)([O-])O. The lowest BCUT2D eigenvalue weighted by Crippen LogP contribution is -2.29. The zero-order valence-corrected chi connectivity index (χ0v) is 30.4. The number of anilines is 1. The van der Waals surface area contributed by atoms with Gasteiger partial charge in [-0.2, -0.15) is 4.98 Å². The summed E-state index contributed by atoms with van der Waals surface area (Å²) in [6.45, 7) is 3.19. The number of hydrogen-bond donors (Lipinski definition) is 3. The lowest BCUT2D eigenvalue weighted by molar-refractivity contribution is -0.222. The van der Waals surface area contributed by atoms with Crippen LogP contribution in [0.4, 0.5) is 5.82 Å². The summed E-state index contributed by atoms with van der Waals surface area (Å²) >= 11 is 0. The van der Waals surface area contributed by atoms with Crippen molar-refractivity contribution in [1.82, 2.24) is 9.55 Å². The number of hydrogen-bond acceptors (Lipinski definition) is 16. The van der Waals surface area contributed by atoms with Crippen molar-refractivity contribution in [2.75, 3.05) is 85.0 Å². The van der Waals surface area contributed by atoms with Crippen LogP contribution in [0.15, 0.2) is 17.1 Å². The number of ketones is 1. The number of carbonyl (C=O) groups excluding carboxylic acids is 1. The van der Waals surface area contributed by atoms with Gasteiger partial charge in [0.1, 0.15) is 36.6 Å². The smallest absolute Gasteiger partial charge is 0.472 e. The van der Waals surface area contributed by atoms with Crippen LogP contribution in [0.3, 0.4) is 0 Å². The molecule has 0 spiro atoms. The molecule has 19 nitrogen and oxygen atoms in total. The maximum Gasteiger partial charge on any atom is 0.472 e. The lowest BCUT2D eigenvalue weighted by Gasteiger charge is -2.23. The predicted octanol–water partition coefficient (Wildman–Crippen LogP) is 1.11. The Balaban J connectivity index is 1.49. The molecule has 0 aromatic carbocycles. The molecule has 2 heterocycles. The Hall–Kier alpha value is -2.11. The second-order valence-corrected chi connectivity index (χ2v) is 13.7. The fourth-order valence-corrected chi connectivity index (χ4v) is 5.92. The fourth-order valence-electron chi connectivity index (χ4n) is 4.60. The molecule has 1 saturated heterocycles. The van der Waals surface area contributed by atoms with Gasteiger partial charge >= 0.3 is 13.5 Å². The summed E-state index contributed by atoms with van der Waals surface area (Å²) < 4.78 is 71.7. The van der Waals surface area contributed by atoms with Gasteiger partial charge in [-0.3, -0.25) is 23.0 Å². The molecule has 21 heteroatoms. The highest BCUT2D eigenvalue weighted by Crippen LogP contribution is 2.49. The van der Waals surface area contributed by atoms with Crippen molar-refractivity contribution in [3.8, 4) is 12.3 Å². The van der Waals surface area contributed by atoms with Crippen molar-refractivity contribution in [3.63, 3.8) is 0 Å². The maximum atomic E-state index is 12.6. The molecule has 1 aromatic heterocycles. The van der Waals surface area contributed by atoms with Crippen LogP contribution in [0.5, 0.6) is 0 Å². The normalized spacial score (nSPS) is 19.8. The van der Waals surface area contributed by atoms with Gasteiger partial charge in [0.05, 0.1) is 72.7 Å². The van der Waals surface area contributed by atoms with Gasteiger partial charge in [0.25, 0.3) is 7.82 Å². The molecule has 1 fully saturated rings. The summed E-state index contributed by atoms with van der Waals surface area (Å²) in [4.78, 5) is 58.2. The first-order valence-electron chi connectivity index (χ1n) is 16.6. The highest BCUT2D eigenvalue weighted by Gasteiger charge is 2.42. The summed E-state index contributed by atoms with van der Waals surface area (Å²) in [5.41, 5.74) is 4.73. The largest absolute Gasteiger partial charge is 0.756 e. The van der Waals surface area contributed by atoms with Crippen molar-refractivity contribution in [3.05, 3.63) is 22.7 Å². The van der Waals surface area contributed by atoms with E-state index in [2.05, 4.69) is 15.4 Å². The molecule has 1 aliphatic rings. The van der Waals surface area contributed by atoms with E-state index < -0.39 is 46.4 Å². The molecule has 1 aliphatic heterocycles. The molecule has 4 N–H and O–H groups in total. The summed E-state index contributed by atoms with van der Waals surface area (Å²) in [5.74, 6) is 2.44. The summed E-state index contributed by atoms with van der Waals surface area (Å²) in [5, 5.41) is 0. The first-order valence-corrected chi connectivity index (χ1v) is 19.6. The number of ether oxygens (including phenoxy) is 6. The van der Waals surface area contributed by atoms with Crippen LogP contribution in [0.25, 0.3) is 0 Å². The Labute approximate surface area is 297 Å². The van der Waals surface area contributed by atoms with Crippen LogP contribution < -0.4 is 16.3 Å². The number of nitrogens with two attached hydrogens (primary N) is 1. The Morgan fingerprint density at radius 3 is 2.12 bits per heavy atom. The van der Waals surface area contributed by atoms with E-state index in [0.717, 1.165) is 17.4 Å². The van der Waals surface area contributed by atoms with Crippen LogP contribution >= 0.6 is 15.6 Å². The van der Waals surface area contributed by atoms with Crippen molar-refractivity contribution < 1.29 is 70.6 Å². The highest BCUT2D eigenvalue weighted by molar-refractivity contribution is 7.47. The van der Waals surface area contributed by atoms with Crippen LogP contribution in [0.2, 0.25) is 0 Å². The average Bonchev–Trinajstić information content (AvgIpc) is 3.45. The van der Waals surface area contributed by atoms with Crippen molar-refractivity contribution in [2.24, 2.45) is 0 Å². The Morgan fingerprint density at radius 1 is 0.922 bits per heavy atom. The van der Waals surface area contributed by atoms with E-state index >= 15 is 0 Å². The zero-order valence-electron chi connectivity index (χ0n) is 28.6. The quantitative estimate of drug-likeness (QED) is 0.0543. The molecule has 0 radical (unpaired) electrons. The number of rotatable bonds is 31.